The van der Waals surface area contributed by atoms with Crippen LogP contribution < -0.4 is 16.2 Å². The highest BCUT2D eigenvalue weighted by molar-refractivity contribution is 6.04. The van der Waals surface area contributed by atoms with Crippen LogP contribution in [0.3, 0.4) is 0 Å². The van der Waals surface area contributed by atoms with Gasteiger partial charge in [0, 0.05) is 0 Å². The second-order valence-corrected chi connectivity index (χ2v) is 5.00. The zero-order valence-corrected chi connectivity index (χ0v) is 12.9. The van der Waals surface area contributed by atoms with Gasteiger partial charge in [-0.3, -0.25) is 15.0 Å². The van der Waals surface area contributed by atoms with Gasteiger partial charge in [-0.05, 0) is 18.1 Å². The summed E-state index contributed by atoms with van der Waals surface area (Å²) in [5.74, 6) is -0.982. The average Bonchev–Trinajstić information content (AvgIpc) is 2.51. The first-order valence-corrected chi connectivity index (χ1v) is 6.93. The van der Waals surface area contributed by atoms with E-state index in [0.717, 1.165) is 0 Å². The molecule has 0 aliphatic carbocycles. The summed E-state index contributed by atoms with van der Waals surface area (Å²) in [5.41, 5.74) is 4.68. The number of anilines is 1. The summed E-state index contributed by atoms with van der Waals surface area (Å²) in [6, 6.07) is 7.93. The van der Waals surface area contributed by atoms with Crippen LogP contribution in [0.1, 0.15) is 30.6 Å². The predicted octanol–water partition coefficient (Wildman–Crippen LogP) is 1.57. The van der Waals surface area contributed by atoms with Crippen LogP contribution in [-0.4, -0.2) is 24.5 Å². The van der Waals surface area contributed by atoms with Crippen LogP contribution in [0.15, 0.2) is 24.3 Å². The van der Waals surface area contributed by atoms with Gasteiger partial charge in [0.1, 0.15) is 6.42 Å². The molecule has 0 aliphatic heterocycles. The monoisotopic (exact) mass is 318 g/mol. The summed E-state index contributed by atoms with van der Waals surface area (Å²) in [6.07, 6.45) is -1.10. The van der Waals surface area contributed by atoms with Crippen LogP contribution in [0.25, 0.3) is 0 Å². The first-order valence-electron chi connectivity index (χ1n) is 6.93. The average molecular weight is 318 g/mol. The Bertz CT molecular complexity index is 622. The number of carbonyl (C=O) groups is 3. The summed E-state index contributed by atoms with van der Waals surface area (Å²) in [7, 11) is 0. The van der Waals surface area contributed by atoms with Crippen LogP contribution >= 0.6 is 0 Å². The van der Waals surface area contributed by atoms with Crippen LogP contribution in [-0.2, 0) is 9.53 Å². The molecular weight excluding hydrogens is 300 g/mol. The number of nitriles is 1. The maximum atomic E-state index is 12.0. The second-order valence-electron chi connectivity index (χ2n) is 5.00. The molecule has 0 bridgehead atoms. The molecule has 0 heterocycles. The predicted molar refractivity (Wildman–Crippen MR) is 82.1 cm³/mol. The van der Waals surface area contributed by atoms with Crippen molar-refractivity contribution in [1.29, 1.82) is 5.26 Å². The fourth-order valence-electron chi connectivity index (χ4n) is 1.51. The molecule has 0 saturated heterocycles. The van der Waals surface area contributed by atoms with Crippen molar-refractivity contribution in [2.45, 2.75) is 20.3 Å². The van der Waals surface area contributed by atoms with E-state index in [1.54, 1.807) is 18.2 Å². The molecule has 1 aromatic rings. The Morgan fingerprint density at radius 3 is 2.57 bits per heavy atom. The summed E-state index contributed by atoms with van der Waals surface area (Å²) in [4.78, 5) is 34.9. The van der Waals surface area contributed by atoms with E-state index in [1.165, 1.54) is 12.1 Å². The van der Waals surface area contributed by atoms with Crippen molar-refractivity contribution in [2.24, 2.45) is 5.92 Å². The van der Waals surface area contributed by atoms with E-state index < -0.39 is 17.9 Å². The number of para-hydroxylation sites is 1. The Morgan fingerprint density at radius 2 is 1.91 bits per heavy atom. The highest BCUT2D eigenvalue weighted by atomic mass is 16.6. The Kier molecular flexibility index (Phi) is 7.07. The minimum atomic E-state index is -0.780. The van der Waals surface area contributed by atoms with E-state index in [0.29, 0.717) is 0 Å². The van der Waals surface area contributed by atoms with Gasteiger partial charge in [0.05, 0.1) is 23.9 Å². The van der Waals surface area contributed by atoms with E-state index >= 15 is 0 Å². The Morgan fingerprint density at radius 1 is 1.22 bits per heavy atom. The van der Waals surface area contributed by atoms with Gasteiger partial charge in [-0.1, -0.05) is 26.0 Å². The van der Waals surface area contributed by atoms with Gasteiger partial charge in [0.25, 0.3) is 5.91 Å². The van der Waals surface area contributed by atoms with Crippen molar-refractivity contribution in [3.63, 3.8) is 0 Å². The summed E-state index contributed by atoms with van der Waals surface area (Å²) in [5, 5.41) is 10.9. The lowest BCUT2D eigenvalue weighted by molar-refractivity contribution is -0.115. The molecule has 23 heavy (non-hydrogen) atoms. The molecule has 0 spiro atoms. The third-order valence-corrected chi connectivity index (χ3v) is 2.51. The third kappa shape index (κ3) is 6.48. The maximum Gasteiger partial charge on any atom is 0.426 e. The van der Waals surface area contributed by atoms with Gasteiger partial charge in [-0.15, -0.1) is 0 Å². The number of hydrogen-bond donors (Lipinski definition) is 3. The molecular formula is C15H18N4O4. The maximum absolute atomic E-state index is 12.0. The zero-order valence-electron chi connectivity index (χ0n) is 12.9. The van der Waals surface area contributed by atoms with Crippen molar-refractivity contribution >= 4 is 23.6 Å². The fraction of sp³-hybridized carbons (Fsp3) is 0.333. The molecule has 0 aromatic heterocycles. The van der Waals surface area contributed by atoms with Crippen LogP contribution in [0.4, 0.5) is 10.5 Å². The number of benzene rings is 1. The zero-order chi connectivity index (χ0) is 17.2. The molecule has 3 N–H and O–H groups in total. The van der Waals surface area contributed by atoms with Crippen molar-refractivity contribution in [3.05, 3.63) is 29.8 Å². The third-order valence-electron chi connectivity index (χ3n) is 2.51. The number of nitrogens with one attached hydrogen (secondary N) is 3. The molecule has 0 aliphatic rings. The minimum Gasteiger partial charge on any atom is -0.448 e. The van der Waals surface area contributed by atoms with Gasteiger partial charge < -0.3 is 10.1 Å². The number of hydrazine groups is 1. The molecule has 0 radical (unpaired) electrons. The van der Waals surface area contributed by atoms with E-state index in [1.807, 2.05) is 13.8 Å². The smallest absolute Gasteiger partial charge is 0.426 e. The molecule has 8 heteroatoms. The largest absolute Gasteiger partial charge is 0.448 e. The lowest BCUT2D eigenvalue weighted by Gasteiger charge is -2.12. The molecule has 0 saturated carbocycles. The molecule has 1 aromatic carbocycles. The molecule has 0 atom stereocenters. The van der Waals surface area contributed by atoms with Crippen molar-refractivity contribution in [1.82, 2.24) is 10.9 Å². The SMILES string of the molecule is CC(C)COC(=O)NNC(=O)c1ccccc1NC(=O)CC#N. The second kappa shape index (κ2) is 9.04. The standard InChI is InChI=1S/C15H18N4O4/c1-10(2)9-23-15(22)19-18-14(21)11-5-3-4-6-12(11)17-13(20)7-8-16/h3-6,10H,7,9H2,1-2H3,(H,17,20)(H,18,21)(H,19,22). The fourth-order valence-corrected chi connectivity index (χ4v) is 1.51. The van der Waals surface area contributed by atoms with Crippen molar-refractivity contribution in [3.8, 4) is 6.07 Å². The molecule has 8 nitrogen and oxygen atoms in total. The lowest BCUT2D eigenvalue weighted by atomic mass is 10.1. The lowest BCUT2D eigenvalue weighted by Crippen LogP contribution is -2.42. The van der Waals surface area contributed by atoms with Crippen LogP contribution in [0.2, 0.25) is 0 Å². The van der Waals surface area contributed by atoms with Gasteiger partial charge in [0.15, 0.2) is 0 Å². The highest BCUT2D eigenvalue weighted by Crippen LogP contribution is 2.14. The number of nitrogens with zero attached hydrogens (tertiary/aromatic N) is 1. The number of ether oxygens (including phenoxy) is 1. The summed E-state index contributed by atoms with van der Waals surface area (Å²) < 4.78 is 4.85. The number of carbonyl (C=O) groups excluding carboxylic acids is 3. The topological polar surface area (TPSA) is 120 Å². The van der Waals surface area contributed by atoms with Crippen LogP contribution in [0, 0.1) is 17.2 Å². The molecule has 1 rings (SSSR count). The van der Waals surface area contributed by atoms with Crippen molar-refractivity contribution < 1.29 is 19.1 Å². The van der Waals surface area contributed by atoms with Crippen LogP contribution in [0.5, 0.6) is 0 Å². The minimum absolute atomic E-state index is 0.142. The molecule has 0 unspecified atom stereocenters. The van der Waals surface area contributed by atoms with Crippen molar-refractivity contribution in [2.75, 3.05) is 11.9 Å². The van der Waals surface area contributed by atoms with Gasteiger partial charge in [-0.25, -0.2) is 10.2 Å². The van der Waals surface area contributed by atoms with E-state index in [9.17, 15) is 14.4 Å². The summed E-state index contributed by atoms with van der Waals surface area (Å²) in [6.45, 7) is 3.99. The molecule has 122 valence electrons. The summed E-state index contributed by atoms with van der Waals surface area (Å²) >= 11 is 0. The molecule has 0 fully saturated rings. The normalized spacial score (nSPS) is 9.65. The van der Waals surface area contributed by atoms with E-state index in [-0.39, 0.29) is 30.2 Å². The first kappa shape index (κ1) is 18.0. The Balaban J connectivity index is 2.64. The van der Waals surface area contributed by atoms with Gasteiger partial charge in [-0.2, -0.15) is 5.26 Å². The Hall–Kier alpha value is -3.08. The van der Waals surface area contributed by atoms with Gasteiger partial charge >= 0.3 is 6.09 Å². The highest BCUT2D eigenvalue weighted by Gasteiger charge is 2.14. The molecule has 3 amide bonds. The quantitative estimate of drug-likeness (QED) is 0.712. The van der Waals surface area contributed by atoms with E-state index in [4.69, 9.17) is 10.00 Å². The Labute approximate surface area is 133 Å². The van der Waals surface area contributed by atoms with Gasteiger partial charge in [0.2, 0.25) is 5.91 Å². The number of amides is 3. The van der Waals surface area contributed by atoms with E-state index in [2.05, 4.69) is 16.2 Å². The number of hydrogen-bond acceptors (Lipinski definition) is 5. The number of rotatable bonds is 5. The first-order chi connectivity index (χ1) is 10.9.